The van der Waals surface area contributed by atoms with Crippen LogP contribution >= 0.6 is 12.4 Å². The number of hydrogen-bond acceptors (Lipinski definition) is 6. The second-order valence-electron chi connectivity index (χ2n) is 0. The van der Waals surface area contributed by atoms with E-state index in [-0.39, 0.29) is 135 Å². The predicted molar refractivity (Wildman–Crippen MR) is 49.5 cm³/mol. The monoisotopic (exact) mass is 334 g/mol. The van der Waals surface area contributed by atoms with Gasteiger partial charge in [0.25, 0.3) is 0 Å². The summed E-state index contributed by atoms with van der Waals surface area (Å²) in [6.45, 7) is 21.0. The molecule has 0 atom stereocenters. The smallest absolute Gasteiger partial charge is 1.00 e. The summed E-state index contributed by atoms with van der Waals surface area (Å²) in [5.41, 5.74) is 0. The SMILES string of the molecule is C#N.C#N.C#N.C#N.C#N.C#N.Cl.[Fe].[H-].[H-].[K+].[K+]. The van der Waals surface area contributed by atoms with Gasteiger partial charge in [0.05, 0.1) is 0 Å². The van der Waals surface area contributed by atoms with Gasteiger partial charge >= 0.3 is 103 Å². The van der Waals surface area contributed by atoms with Crippen molar-refractivity contribution >= 4 is 12.4 Å². The van der Waals surface area contributed by atoms with Gasteiger partial charge in [0, 0.05) is 56.5 Å². The van der Waals surface area contributed by atoms with Gasteiger partial charge in [0.2, 0.25) is 0 Å². The van der Waals surface area contributed by atoms with E-state index in [1.54, 1.807) is 0 Å². The van der Waals surface area contributed by atoms with Crippen molar-refractivity contribution in [2.24, 2.45) is 0 Å². The number of nitrogens with zero attached hydrogens (tertiary/aromatic N) is 6. The summed E-state index contributed by atoms with van der Waals surface area (Å²) in [5, 5.41) is 39.0. The normalized spacial score (nSPS) is 0.750. The van der Waals surface area contributed by atoms with Crippen molar-refractivity contribution < 1.29 is 123 Å². The molecule has 0 unspecified atom stereocenters. The molecule has 0 aliphatic carbocycles. The van der Waals surface area contributed by atoms with Crippen LogP contribution in [-0.2, 0) is 17.1 Å². The quantitative estimate of drug-likeness (QED) is 0.408. The first-order chi connectivity index (χ1) is 6.00. The first kappa shape index (κ1) is 88.6. The molecular weight excluding hydrogens is 326 g/mol. The van der Waals surface area contributed by atoms with Gasteiger partial charge in [-0.2, -0.15) is 0 Å². The van der Waals surface area contributed by atoms with E-state index >= 15 is 0 Å². The molecule has 0 saturated heterocycles. The molecule has 0 amide bonds. The minimum absolute atomic E-state index is 0. The van der Waals surface area contributed by atoms with Crippen LogP contribution in [0.4, 0.5) is 0 Å². The van der Waals surface area contributed by atoms with E-state index < -0.39 is 0 Å². The zero-order valence-corrected chi connectivity index (χ0v) is 17.1. The van der Waals surface area contributed by atoms with Crippen LogP contribution in [-0.4, -0.2) is 0 Å². The van der Waals surface area contributed by atoms with Gasteiger partial charge < -0.3 is 2.85 Å². The summed E-state index contributed by atoms with van der Waals surface area (Å²) in [7, 11) is 0. The largest absolute Gasteiger partial charge is 1.00 e. The third-order valence-corrected chi connectivity index (χ3v) is 0. The Labute approximate surface area is 202 Å². The Hall–Kier alpha value is 1.02. The van der Waals surface area contributed by atoms with Crippen LogP contribution in [0.5, 0.6) is 0 Å². The van der Waals surface area contributed by atoms with Crippen molar-refractivity contribution in [1.82, 2.24) is 0 Å². The molecule has 0 N–H and O–H groups in total. The molecule has 0 bridgehead atoms. The summed E-state index contributed by atoms with van der Waals surface area (Å²) in [5.74, 6) is 0. The van der Waals surface area contributed by atoms with Crippen molar-refractivity contribution in [2.75, 3.05) is 0 Å². The van der Waals surface area contributed by atoms with Crippen LogP contribution in [0, 0.1) is 71.0 Å². The molecule has 0 fully saturated rings. The van der Waals surface area contributed by atoms with Gasteiger partial charge in [-0.05, 0) is 0 Å². The second-order valence-corrected chi connectivity index (χ2v) is 0. The fourth-order valence-corrected chi connectivity index (χ4v) is 0. The molecule has 0 aliphatic rings. The van der Waals surface area contributed by atoms with Crippen LogP contribution in [0.2, 0.25) is 0 Å². The molecule has 0 aromatic rings. The predicted octanol–water partition coefficient (Wildman–Crippen LogP) is -4.51. The summed E-state index contributed by atoms with van der Waals surface area (Å²) in [6.07, 6.45) is 0. The number of rotatable bonds is 0. The third-order valence-electron chi connectivity index (χ3n) is 0. The van der Waals surface area contributed by atoms with Crippen molar-refractivity contribution in [3.63, 3.8) is 0 Å². The van der Waals surface area contributed by atoms with Gasteiger partial charge in [-0.1, -0.05) is 0 Å². The Morgan fingerprint density at radius 2 is 0.438 bits per heavy atom. The van der Waals surface area contributed by atoms with E-state index in [0.29, 0.717) is 0 Å². The average Bonchev–Trinajstić information content (AvgIpc) is 2.33. The molecule has 0 rings (SSSR count). The maximum atomic E-state index is 6.50. The van der Waals surface area contributed by atoms with Crippen molar-refractivity contribution in [2.45, 2.75) is 0 Å². The Morgan fingerprint density at radius 3 is 0.438 bits per heavy atom. The molecule has 16 heavy (non-hydrogen) atoms. The molecule has 0 saturated carbocycles. The summed E-state index contributed by atoms with van der Waals surface area (Å²) >= 11 is 0. The van der Waals surface area contributed by atoms with Gasteiger partial charge in [0.15, 0.2) is 0 Å². The van der Waals surface area contributed by atoms with E-state index in [1.165, 1.54) is 0 Å². The van der Waals surface area contributed by atoms with E-state index in [1.807, 2.05) is 0 Å². The number of hydrogen-bond donors (Lipinski definition) is 0. The van der Waals surface area contributed by atoms with Gasteiger partial charge in [0.1, 0.15) is 0 Å². The Bertz CT molecular complexity index is 115. The third kappa shape index (κ3) is 2830. The summed E-state index contributed by atoms with van der Waals surface area (Å²) in [4.78, 5) is 0. The number of nitriles is 6. The molecular formula is C6H9ClFeK2N6. The minimum atomic E-state index is 0. The van der Waals surface area contributed by atoms with Crippen LogP contribution in [0.15, 0.2) is 0 Å². The Kier molecular flexibility index (Phi) is 19200. The molecule has 10 heteroatoms. The number of halogens is 1. The van der Waals surface area contributed by atoms with Gasteiger partial charge in [-0.15, -0.1) is 12.4 Å². The van der Waals surface area contributed by atoms with E-state index in [4.69, 9.17) is 31.6 Å². The molecule has 0 radical (unpaired) electrons. The maximum absolute atomic E-state index is 6.50. The summed E-state index contributed by atoms with van der Waals surface area (Å²) in [6, 6.07) is 0. The zero-order valence-electron chi connectivity index (χ0n) is 10.9. The van der Waals surface area contributed by atoms with Crippen LogP contribution in [0.3, 0.4) is 0 Å². The summed E-state index contributed by atoms with van der Waals surface area (Å²) < 4.78 is 0. The first-order valence-corrected chi connectivity index (χ1v) is 1.55. The second kappa shape index (κ2) is 3460. The van der Waals surface area contributed by atoms with E-state index in [0.717, 1.165) is 0 Å². The average molecular weight is 335 g/mol. The molecule has 0 spiro atoms. The molecule has 0 aromatic heterocycles. The van der Waals surface area contributed by atoms with Crippen molar-refractivity contribution in [3.8, 4) is 39.4 Å². The van der Waals surface area contributed by atoms with E-state index in [9.17, 15) is 0 Å². The zero-order chi connectivity index (χ0) is 12.0. The van der Waals surface area contributed by atoms with Gasteiger partial charge in [-0.3, -0.25) is 0 Å². The Morgan fingerprint density at radius 1 is 0.438 bits per heavy atom. The fraction of sp³-hybridized carbons (Fsp3) is 0. The first-order valence-electron chi connectivity index (χ1n) is 1.55. The standard InChI is InChI=1S/6CHN.ClH.Fe.2K.2H/c6*1-2;;;;;;/h6*1H;1H;;;;;/q;;;;;;;;2*+1;2*-1. The molecule has 0 heterocycles. The molecule has 6 nitrogen and oxygen atoms in total. The molecule has 0 aliphatic heterocycles. The minimum Gasteiger partial charge on any atom is -1.00 e. The van der Waals surface area contributed by atoms with Crippen molar-refractivity contribution in [1.29, 1.82) is 31.6 Å². The fourth-order valence-electron chi connectivity index (χ4n) is 0. The topological polar surface area (TPSA) is 143 Å². The van der Waals surface area contributed by atoms with E-state index in [2.05, 4.69) is 39.4 Å². The van der Waals surface area contributed by atoms with Gasteiger partial charge in [-0.25, -0.2) is 31.6 Å². The Balaban J connectivity index is -0.00000000225. The molecule has 0 aromatic carbocycles. The van der Waals surface area contributed by atoms with Crippen molar-refractivity contribution in [3.05, 3.63) is 0 Å². The van der Waals surface area contributed by atoms with Crippen LogP contribution in [0.25, 0.3) is 0 Å². The molecule has 80 valence electrons. The maximum Gasteiger partial charge on any atom is 1.00 e. The van der Waals surface area contributed by atoms with Crippen LogP contribution in [0.1, 0.15) is 2.85 Å². The van der Waals surface area contributed by atoms with Crippen LogP contribution < -0.4 is 103 Å².